The number of hydrogen-bond donors (Lipinski definition) is 1. The number of amides is 1. The van der Waals surface area contributed by atoms with E-state index in [1.54, 1.807) is 22.4 Å². The molecule has 1 atom stereocenters. The van der Waals surface area contributed by atoms with E-state index in [0.717, 1.165) is 11.6 Å². The Balaban J connectivity index is 1.29. The molecule has 0 bridgehead atoms. The number of nitrogens with zero attached hydrogens (tertiary/aromatic N) is 3. The van der Waals surface area contributed by atoms with Gasteiger partial charge >= 0.3 is 6.18 Å². The largest absolute Gasteiger partial charge is 0.416 e. The van der Waals surface area contributed by atoms with Crippen LogP contribution in [0.3, 0.4) is 0 Å². The topological polar surface area (TPSA) is 82.6 Å². The second-order valence-electron chi connectivity index (χ2n) is 8.43. The third-order valence-corrected chi connectivity index (χ3v) is 8.48. The van der Waals surface area contributed by atoms with Gasteiger partial charge in [-0.25, -0.2) is 13.4 Å². The minimum Gasteiger partial charge on any atom is -0.311 e. The van der Waals surface area contributed by atoms with Gasteiger partial charge in [-0.1, -0.05) is 6.07 Å². The minimum atomic E-state index is -4.41. The van der Waals surface area contributed by atoms with Gasteiger partial charge in [-0.2, -0.15) is 13.2 Å². The first-order chi connectivity index (χ1) is 16.6. The minimum absolute atomic E-state index is 0.0488. The number of anilines is 2. The fourth-order valence-electron chi connectivity index (χ4n) is 4.53. The molecule has 12 heteroatoms. The Morgan fingerprint density at radius 3 is 2.51 bits per heavy atom. The average Bonchev–Trinajstić information content (AvgIpc) is 3.47. The number of rotatable bonds is 5. The number of fused-ring (bicyclic) bond motifs is 1. The highest BCUT2D eigenvalue weighted by atomic mass is 32.2. The fourth-order valence-corrected chi connectivity index (χ4v) is 6.32. The summed E-state index contributed by atoms with van der Waals surface area (Å²) in [5, 5.41) is 1.92. The number of aromatic nitrogens is 1. The molecule has 7 nitrogen and oxygen atoms in total. The molecule has 1 amide bonds. The molecule has 0 aliphatic carbocycles. The molecular weight excluding hydrogens is 501 g/mol. The predicted molar refractivity (Wildman–Crippen MR) is 126 cm³/mol. The summed E-state index contributed by atoms with van der Waals surface area (Å²) in [5.74, 6) is -0.142. The molecule has 0 saturated carbocycles. The van der Waals surface area contributed by atoms with E-state index in [-0.39, 0.29) is 22.5 Å². The van der Waals surface area contributed by atoms with Crippen LogP contribution in [0.4, 0.5) is 24.0 Å². The summed E-state index contributed by atoms with van der Waals surface area (Å²) in [6, 6.07) is 9.40. The summed E-state index contributed by atoms with van der Waals surface area (Å²) >= 11 is 1.17. The Labute approximate surface area is 204 Å². The quantitative estimate of drug-likeness (QED) is 0.545. The number of hydrogen-bond acceptors (Lipinski definition) is 6. The van der Waals surface area contributed by atoms with E-state index in [0.29, 0.717) is 37.2 Å². The molecule has 0 spiro atoms. The third-order valence-electron chi connectivity index (χ3n) is 6.31. The maximum Gasteiger partial charge on any atom is 0.416 e. The maximum atomic E-state index is 13.2. The van der Waals surface area contributed by atoms with E-state index in [1.807, 2.05) is 4.90 Å². The molecule has 35 heavy (non-hydrogen) atoms. The van der Waals surface area contributed by atoms with Crippen LogP contribution in [0, 0.1) is 0 Å². The van der Waals surface area contributed by atoms with E-state index >= 15 is 0 Å². The third kappa shape index (κ3) is 4.78. The van der Waals surface area contributed by atoms with E-state index in [4.69, 9.17) is 0 Å². The summed E-state index contributed by atoms with van der Waals surface area (Å²) in [6.45, 7) is 1.31. The van der Waals surface area contributed by atoms with Crippen molar-refractivity contribution in [3.63, 3.8) is 0 Å². The summed E-state index contributed by atoms with van der Waals surface area (Å²) in [6.07, 6.45) is -1.79. The van der Waals surface area contributed by atoms with Crippen LogP contribution in [0.1, 0.15) is 23.1 Å². The molecule has 5 rings (SSSR count). The second kappa shape index (κ2) is 8.92. The Morgan fingerprint density at radius 2 is 1.83 bits per heavy atom. The van der Waals surface area contributed by atoms with Gasteiger partial charge in [0.1, 0.15) is 0 Å². The zero-order valence-electron chi connectivity index (χ0n) is 18.3. The van der Waals surface area contributed by atoms with Crippen molar-refractivity contribution in [1.29, 1.82) is 0 Å². The molecule has 1 fully saturated rings. The highest BCUT2D eigenvalue weighted by Gasteiger charge is 2.38. The van der Waals surface area contributed by atoms with Gasteiger partial charge in [0.05, 0.1) is 16.5 Å². The standard InChI is InChI=1S/C23H21F3N4O3S2/c24-23(25,26)17-2-1-15-7-10-29(14-16(15)13-17)20-8-11-30(21(20)31)18-3-5-19(6-4-18)35(32,33)28-22-27-9-12-34-22/h1-6,9,12-13,20H,7-8,10-11,14H2,(H,27,28)/t20-/m0/s1. The SMILES string of the molecule is O=C1[C@@H](N2CCc3ccc(C(F)(F)F)cc3C2)CCN1c1ccc(S(=O)(=O)Nc2nccs2)cc1. The van der Waals surface area contributed by atoms with Crippen molar-refractivity contribution >= 4 is 38.1 Å². The highest BCUT2D eigenvalue weighted by Crippen LogP contribution is 2.34. The Hall–Kier alpha value is -2.96. The molecule has 184 valence electrons. The number of halogens is 3. The molecule has 2 aromatic carbocycles. The lowest BCUT2D eigenvalue weighted by molar-refractivity contribution is -0.137. The van der Waals surface area contributed by atoms with Crippen LogP contribution in [0.2, 0.25) is 0 Å². The number of thiazole rings is 1. The van der Waals surface area contributed by atoms with Crippen LogP contribution >= 0.6 is 11.3 Å². The molecule has 1 aromatic heterocycles. The Morgan fingerprint density at radius 1 is 1.06 bits per heavy atom. The van der Waals surface area contributed by atoms with Gasteiger partial charge in [-0.15, -0.1) is 11.3 Å². The van der Waals surface area contributed by atoms with Crippen molar-refractivity contribution in [2.75, 3.05) is 22.7 Å². The fraction of sp³-hybridized carbons (Fsp3) is 0.304. The first kappa shape index (κ1) is 23.8. The van der Waals surface area contributed by atoms with E-state index in [1.165, 1.54) is 41.8 Å². The summed E-state index contributed by atoms with van der Waals surface area (Å²) < 4.78 is 66.9. The summed E-state index contributed by atoms with van der Waals surface area (Å²) in [7, 11) is -3.80. The average molecular weight is 523 g/mol. The number of carbonyl (C=O) groups is 1. The number of sulfonamides is 1. The van der Waals surface area contributed by atoms with Crippen LogP contribution in [0.5, 0.6) is 0 Å². The van der Waals surface area contributed by atoms with Crippen molar-refractivity contribution in [2.24, 2.45) is 0 Å². The van der Waals surface area contributed by atoms with Crippen LogP contribution in [-0.2, 0) is 34.0 Å². The molecule has 1 N–H and O–H groups in total. The van der Waals surface area contributed by atoms with Gasteiger partial charge < -0.3 is 4.90 Å². The van der Waals surface area contributed by atoms with Gasteiger partial charge in [0, 0.05) is 36.9 Å². The number of nitrogens with one attached hydrogen (secondary N) is 1. The van der Waals surface area contributed by atoms with E-state index in [9.17, 15) is 26.4 Å². The van der Waals surface area contributed by atoms with E-state index < -0.39 is 27.8 Å². The lowest BCUT2D eigenvalue weighted by Gasteiger charge is -2.33. The van der Waals surface area contributed by atoms with Crippen molar-refractivity contribution < 1.29 is 26.4 Å². The summed E-state index contributed by atoms with van der Waals surface area (Å²) in [4.78, 5) is 20.7. The van der Waals surface area contributed by atoms with Gasteiger partial charge in [0.15, 0.2) is 5.13 Å². The zero-order chi connectivity index (χ0) is 24.8. The van der Waals surface area contributed by atoms with Crippen LogP contribution in [0.15, 0.2) is 58.9 Å². The van der Waals surface area contributed by atoms with E-state index in [2.05, 4.69) is 9.71 Å². The first-order valence-electron chi connectivity index (χ1n) is 10.9. The van der Waals surface area contributed by atoms with Gasteiger partial charge in [0.25, 0.3) is 10.0 Å². The van der Waals surface area contributed by atoms with Crippen molar-refractivity contribution in [3.8, 4) is 0 Å². The Kier molecular flexibility index (Phi) is 6.06. The van der Waals surface area contributed by atoms with Gasteiger partial charge in [0.2, 0.25) is 5.91 Å². The molecule has 3 aromatic rings. The van der Waals surface area contributed by atoms with Crippen LogP contribution in [0.25, 0.3) is 0 Å². The molecule has 1 saturated heterocycles. The Bertz CT molecular complexity index is 1340. The second-order valence-corrected chi connectivity index (χ2v) is 11.0. The predicted octanol–water partition coefficient (Wildman–Crippen LogP) is 4.13. The van der Waals surface area contributed by atoms with Crippen molar-refractivity contribution in [3.05, 3.63) is 70.7 Å². The van der Waals surface area contributed by atoms with Crippen molar-refractivity contribution in [1.82, 2.24) is 9.88 Å². The molecule has 0 unspecified atom stereocenters. The normalized spacial score (nSPS) is 19.1. The summed E-state index contributed by atoms with van der Waals surface area (Å²) in [5.41, 5.74) is 1.36. The highest BCUT2D eigenvalue weighted by molar-refractivity contribution is 7.93. The molecule has 2 aliphatic heterocycles. The lowest BCUT2D eigenvalue weighted by atomic mass is 9.96. The van der Waals surface area contributed by atoms with Gasteiger partial charge in [-0.3, -0.25) is 14.4 Å². The molecular formula is C23H21F3N4O3S2. The number of alkyl halides is 3. The molecule has 0 radical (unpaired) electrons. The molecule has 2 aliphatic rings. The maximum absolute atomic E-state index is 13.2. The number of carbonyl (C=O) groups excluding carboxylic acids is 1. The lowest BCUT2D eigenvalue weighted by Crippen LogP contribution is -2.44. The smallest absolute Gasteiger partial charge is 0.311 e. The van der Waals surface area contributed by atoms with Gasteiger partial charge in [-0.05, 0) is 60.4 Å². The van der Waals surface area contributed by atoms with Crippen LogP contribution < -0.4 is 9.62 Å². The number of benzene rings is 2. The molecule has 3 heterocycles. The first-order valence-corrected chi connectivity index (χ1v) is 13.2. The monoisotopic (exact) mass is 522 g/mol. The van der Waals surface area contributed by atoms with Crippen LogP contribution in [-0.4, -0.2) is 43.3 Å². The van der Waals surface area contributed by atoms with Crippen molar-refractivity contribution in [2.45, 2.75) is 36.5 Å². The zero-order valence-corrected chi connectivity index (χ0v) is 20.0.